The summed E-state index contributed by atoms with van der Waals surface area (Å²) in [6.07, 6.45) is 3.66. The molecule has 0 bridgehead atoms. The van der Waals surface area contributed by atoms with Gasteiger partial charge in [-0.1, -0.05) is 23.7 Å². The summed E-state index contributed by atoms with van der Waals surface area (Å²) in [4.78, 5) is 30.5. The summed E-state index contributed by atoms with van der Waals surface area (Å²) in [7, 11) is 0. The number of aromatic nitrogens is 5. The van der Waals surface area contributed by atoms with Crippen molar-refractivity contribution in [2.24, 2.45) is 10.9 Å². The number of fused-ring (bicyclic) bond motifs is 4. The lowest BCUT2D eigenvalue weighted by Crippen LogP contribution is -2.29. The van der Waals surface area contributed by atoms with E-state index in [1.807, 2.05) is 41.8 Å². The molecule has 1 aliphatic carbocycles. The number of hydrogen-bond acceptors (Lipinski definition) is 7. The number of ketones is 1. The second-order valence-electron chi connectivity index (χ2n) is 10.9. The smallest absolute Gasteiger partial charge is 0.251 e. The molecule has 198 valence electrons. The van der Waals surface area contributed by atoms with Crippen molar-refractivity contribution in [3.8, 4) is 22.6 Å². The molecule has 10 heteroatoms. The lowest BCUT2D eigenvalue weighted by molar-refractivity contribution is -0.121. The highest BCUT2D eigenvalue weighted by atomic mass is 35.5. The van der Waals surface area contributed by atoms with Crippen LogP contribution >= 0.6 is 11.6 Å². The van der Waals surface area contributed by atoms with Gasteiger partial charge in [-0.05, 0) is 76.7 Å². The zero-order valence-corrected chi connectivity index (χ0v) is 22.3. The number of benzene rings is 2. The van der Waals surface area contributed by atoms with Gasteiger partial charge in [-0.25, -0.2) is 0 Å². The van der Waals surface area contributed by atoms with E-state index in [0.717, 1.165) is 62.8 Å². The Morgan fingerprint density at radius 2 is 1.93 bits per heavy atom. The summed E-state index contributed by atoms with van der Waals surface area (Å²) in [6.45, 7) is 2.15. The number of carbonyl (C=O) groups is 1. The van der Waals surface area contributed by atoms with Gasteiger partial charge in [0.15, 0.2) is 5.78 Å². The molecule has 1 saturated carbocycles. The molecule has 5 heterocycles. The maximum absolute atomic E-state index is 13.7. The number of allylic oxidation sites excluding steroid dienone is 2. The van der Waals surface area contributed by atoms with Crippen LogP contribution in [0.1, 0.15) is 48.5 Å². The van der Waals surface area contributed by atoms with Crippen LogP contribution in [-0.4, -0.2) is 42.9 Å². The molecule has 3 atom stereocenters. The minimum Gasteiger partial charge on any atom is -0.486 e. The molecule has 0 saturated heterocycles. The molecular weight excluding hydrogens is 528 g/mol. The monoisotopic (exact) mass is 550 g/mol. The molecule has 2 aromatic heterocycles. The quantitative estimate of drug-likeness (QED) is 0.368. The van der Waals surface area contributed by atoms with E-state index in [2.05, 4.69) is 21.6 Å². The van der Waals surface area contributed by atoms with Gasteiger partial charge in [0.2, 0.25) is 0 Å². The SMILES string of the molecule is CC1=C(c2ccc3c(c2)OCC(=O)C3)CC([C@@H]2[C@H]3C[C@H]3c3cc(-c4cc(Cl)ccc4-n4cnnn4)cc(=O)n32)=N1. The summed E-state index contributed by atoms with van der Waals surface area (Å²) < 4.78 is 9.22. The van der Waals surface area contributed by atoms with Gasteiger partial charge in [0.1, 0.15) is 18.7 Å². The van der Waals surface area contributed by atoms with Crippen LogP contribution in [0.15, 0.2) is 70.3 Å². The number of ether oxygens (including phenoxy) is 1. The zero-order valence-electron chi connectivity index (χ0n) is 21.5. The molecule has 4 aliphatic rings. The van der Waals surface area contributed by atoms with Crippen molar-refractivity contribution in [3.05, 3.63) is 92.8 Å². The van der Waals surface area contributed by atoms with Crippen molar-refractivity contribution in [2.45, 2.75) is 38.1 Å². The van der Waals surface area contributed by atoms with Crippen LogP contribution in [0.25, 0.3) is 22.4 Å². The van der Waals surface area contributed by atoms with Gasteiger partial charge in [-0.15, -0.1) is 5.10 Å². The third-order valence-electron chi connectivity index (χ3n) is 8.51. The standard InChI is InChI=1S/C30H23ClN6O3/c1-15-21(16-2-3-17-6-20(38)13-40-28(17)8-16)12-25(33-15)30-24-11-23(24)27-7-18(9-29(39)37(27)30)22-10-19(31)4-5-26(22)36-14-32-34-35-36/h2-5,7-10,14,23-24,30H,6,11-13H2,1H3/t23-,24+,30+/m1/s1. The number of tetrazole rings is 1. The zero-order chi connectivity index (χ0) is 27.1. The van der Waals surface area contributed by atoms with Crippen LogP contribution in [0.2, 0.25) is 5.02 Å². The number of aliphatic imine (C=N–C) groups is 1. The van der Waals surface area contributed by atoms with E-state index in [0.29, 0.717) is 29.7 Å². The Bertz CT molecular complexity index is 1870. The average Bonchev–Trinajstić information content (AvgIpc) is 3.24. The molecule has 3 aliphatic heterocycles. The molecule has 4 aromatic rings. The molecule has 0 unspecified atom stereocenters. The highest BCUT2D eigenvalue weighted by Crippen LogP contribution is 2.60. The fourth-order valence-electron chi connectivity index (χ4n) is 6.60. The third kappa shape index (κ3) is 3.61. The van der Waals surface area contributed by atoms with E-state index in [9.17, 15) is 9.59 Å². The second-order valence-corrected chi connectivity index (χ2v) is 11.4. The largest absolute Gasteiger partial charge is 0.486 e. The Balaban J connectivity index is 1.13. The summed E-state index contributed by atoms with van der Waals surface area (Å²) in [5.74, 6) is 1.56. The highest BCUT2D eigenvalue weighted by molar-refractivity contribution is 6.31. The Morgan fingerprint density at radius 1 is 1.02 bits per heavy atom. The number of halogens is 1. The molecule has 0 spiro atoms. The molecule has 0 N–H and O–H groups in total. The molecule has 2 aromatic carbocycles. The van der Waals surface area contributed by atoms with Gasteiger partial charge in [0.05, 0.1) is 11.7 Å². The fourth-order valence-corrected chi connectivity index (χ4v) is 6.77. The first-order chi connectivity index (χ1) is 19.4. The van der Waals surface area contributed by atoms with Crippen LogP contribution < -0.4 is 10.3 Å². The maximum Gasteiger partial charge on any atom is 0.251 e. The van der Waals surface area contributed by atoms with Gasteiger partial charge >= 0.3 is 0 Å². The van der Waals surface area contributed by atoms with Gasteiger partial charge in [-0.2, -0.15) is 4.68 Å². The van der Waals surface area contributed by atoms with E-state index in [1.165, 1.54) is 6.33 Å². The topological polar surface area (TPSA) is 104 Å². The van der Waals surface area contributed by atoms with E-state index < -0.39 is 0 Å². The average molecular weight is 551 g/mol. The summed E-state index contributed by atoms with van der Waals surface area (Å²) in [5.41, 5.74) is 8.45. The minimum atomic E-state index is -0.0566. The van der Waals surface area contributed by atoms with Crippen LogP contribution in [0, 0.1) is 5.92 Å². The van der Waals surface area contributed by atoms with Crippen molar-refractivity contribution in [1.82, 2.24) is 24.8 Å². The van der Waals surface area contributed by atoms with E-state index in [1.54, 1.807) is 16.8 Å². The lowest BCUT2D eigenvalue weighted by atomic mass is 9.94. The first-order valence-corrected chi connectivity index (χ1v) is 13.7. The Morgan fingerprint density at radius 3 is 2.77 bits per heavy atom. The molecule has 40 heavy (non-hydrogen) atoms. The van der Waals surface area contributed by atoms with Crippen molar-refractivity contribution in [2.75, 3.05) is 6.61 Å². The number of hydrogen-bond donors (Lipinski definition) is 0. The van der Waals surface area contributed by atoms with Crippen molar-refractivity contribution in [3.63, 3.8) is 0 Å². The van der Waals surface area contributed by atoms with Crippen molar-refractivity contribution >= 4 is 28.7 Å². The molecule has 9 nitrogen and oxygen atoms in total. The van der Waals surface area contributed by atoms with E-state index in [4.69, 9.17) is 21.3 Å². The highest BCUT2D eigenvalue weighted by Gasteiger charge is 2.54. The number of Topliss-reactive ketones (excluding diaryl/α,β-unsaturated/α-hetero) is 1. The van der Waals surface area contributed by atoms with Crippen LogP contribution in [-0.2, 0) is 11.2 Å². The number of nitrogens with zero attached hydrogens (tertiary/aromatic N) is 6. The van der Waals surface area contributed by atoms with Crippen LogP contribution in [0.5, 0.6) is 5.75 Å². The number of pyridine rings is 1. The molecule has 0 amide bonds. The molecular formula is C30H23ClN6O3. The number of rotatable bonds is 4. The predicted molar refractivity (Wildman–Crippen MR) is 149 cm³/mol. The van der Waals surface area contributed by atoms with E-state index >= 15 is 0 Å². The van der Waals surface area contributed by atoms with Gasteiger partial charge in [0.25, 0.3) is 5.56 Å². The summed E-state index contributed by atoms with van der Waals surface area (Å²) in [6, 6.07) is 15.3. The minimum absolute atomic E-state index is 0.0482. The first-order valence-electron chi connectivity index (χ1n) is 13.3. The van der Waals surface area contributed by atoms with Gasteiger partial charge < -0.3 is 9.30 Å². The van der Waals surface area contributed by atoms with Crippen molar-refractivity contribution < 1.29 is 9.53 Å². The Kier molecular flexibility index (Phi) is 5.03. The predicted octanol–water partition coefficient (Wildman–Crippen LogP) is 4.58. The Hall–Kier alpha value is -4.37. The lowest BCUT2D eigenvalue weighted by Gasteiger charge is -2.20. The maximum atomic E-state index is 13.7. The van der Waals surface area contributed by atoms with Gasteiger partial charge in [0, 0.05) is 58.1 Å². The number of carbonyl (C=O) groups excluding carboxylic acids is 1. The molecule has 0 radical (unpaired) electrons. The van der Waals surface area contributed by atoms with Gasteiger partial charge in [-0.3, -0.25) is 14.6 Å². The molecule has 8 rings (SSSR count). The normalized spacial score (nSPS) is 22.5. The second kappa shape index (κ2) is 8.56. The van der Waals surface area contributed by atoms with E-state index in [-0.39, 0.29) is 24.0 Å². The summed E-state index contributed by atoms with van der Waals surface area (Å²) >= 11 is 6.37. The fraction of sp³-hybridized carbons (Fsp3) is 0.267. The van der Waals surface area contributed by atoms with Crippen molar-refractivity contribution in [1.29, 1.82) is 0 Å². The first kappa shape index (κ1) is 23.5. The van der Waals surface area contributed by atoms with Crippen LogP contribution in [0.3, 0.4) is 0 Å². The molecule has 1 fully saturated rings. The van der Waals surface area contributed by atoms with Crippen LogP contribution in [0.4, 0.5) is 0 Å². The Labute approximate surface area is 233 Å². The summed E-state index contributed by atoms with van der Waals surface area (Å²) in [5, 5.41) is 12.1. The third-order valence-corrected chi connectivity index (χ3v) is 8.74.